The van der Waals surface area contributed by atoms with Crippen molar-refractivity contribution in [2.45, 2.75) is 19.8 Å². The molecule has 0 saturated carbocycles. The van der Waals surface area contributed by atoms with Crippen LogP contribution >= 0.6 is 0 Å². The molecule has 23 heavy (non-hydrogen) atoms. The molecule has 120 valence electrons. The van der Waals surface area contributed by atoms with Gasteiger partial charge in [0.25, 0.3) is 0 Å². The number of nitrogens with one attached hydrogen (secondary N) is 2. The molecule has 2 aromatic carbocycles. The monoisotopic (exact) mass is 308 g/mol. The Morgan fingerprint density at radius 1 is 1.00 bits per heavy atom. The van der Waals surface area contributed by atoms with E-state index in [9.17, 15) is 0 Å². The molecule has 2 aliphatic heterocycles. The maximum Gasteiger partial charge on any atom is 0.119 e. The Labute approximate surface area is 138 Å². The average Bonchev–Trinajstić information content (AvgIpc) is 3.03. The summed E-state index contributed by atoms with van der Waals surface area (Å²) in [6.45, 7) is 7.69. The number of ether oxygens (including phenoxy) is 1. The van der Waals surface area contributed by atoms with Crippen LogP contribution < -0.4 is 15.4 Å². The van der Waals surface area contributed by atoms with Crippen molar-refractivity contribution in [3.8, 4) is 16.9 Å². The third kappa shape index (κ3) is 2.40. The van der Waals surface area contributed by atoms with E-state index in [1.54, 1.807) is 7.11 Å². The molecule has 2 aliphatic rings. The van der Waals surface area contributed by atoms with Gasteiger partial charge in [0.15, 0.2) is 0 Å². The molecule has 4 rings (SSSR count). The molecule has 0 aliphatic carbocycles. The van der Waals surface area contributed by atoms with Crippen LogP contribution in [0, 0.1) is 19.8 Å². The molecule has 1 fully saturated rings. The zero-order valence-corrected chi connectivity index (χ0v) is 14.1. The number of anilines is 1. The predicted octanol–water partition coefficient (Wildman–Crippen LogP) is 3.71. The highest BCUT2D eigenvalue weighted by molar-refractivity contribution is 5.75. The lowest BCUT2D eigenvalue weighted by molar-refractivity contribution is 0.414. The van der Waals surface area contributed by atoms with E-state index in [1.807, 2.05) is 0 Å². The second-order valence-electron chi connectivity index (χ2n) is 6.84. The molecule has 2 N–H and O–H groups in total. The van der Waals surface area contributed by atoms with Gasteiger partial charge in [-0.15, -0.1) is 0 Å². The van der Waals surface area contributed by atoms with Gasteiger partial charge in [0.05, 0.1) is 7.11 Å². The molecule has 0 unspecified atom stereocenters. The van der Waals surface area contributed by atoms with Crippen molar-refractivity contribution in [1.82, 2.24) is 5.32 Å². The van der Waals surface area contributed by atoms with Gasteiger partial charge in [-0.1, -0.05) is 6.07 Å². The second kappa shape index (κ2) is 5.57. The van der Waals surface area contributed by atoms with Crippen molar-refractivity contribution < 1.29 is 4.74 Å². The van der Waals surface area contributed by atoms with Crippen LogP contribution in [0.15, 0.2) is 30.3 Å². The van der Waals surface area contributed by atoms with Gasteiger partial charge >= 0.3 is 0 Å². The van der Waals surface area contributed by atoms with Crippen molar-refractivity contribution in [3.05, 3.63) is 47.0 Å². The van der Waals surface area contributed by atoms with Gasteiger partial charge in [-0.05, 0) is 71.8 Å². The number of fused-ring (bicyclic) bond motifs is 3. The normalized spacial score (nSPS) is 22.2. The van der Waals surface area contributed by atoms with E-state index in [4.69, 9.17) is 4.74 Å². The van der Waals surface area contributed by atoms with Gasteiger partial charge in [-0.3, -0.25) is 0 Å². The van der Waals surface area contributed by atoms with Crippen molar-refractivity contribution in [3.63, 3.8) is 0 Å². The molecular weight excluding hydrogens is 284 g/mol. The first-order valence-corrected chi connectivity index (χ1v) is 8.41. The van der Waals surface area contributed by atoms with Crippen molar-refractivity contribution in [2.75, 3.05) is 32.1 Å². The zero-order valence-electron chi connectivity index (χ0n) is 14.1. The molecule has 2 heterocycles. The molecule has 2 atom stereocenters. The highest BCUT2D eigenvalue weighted by atomic mass is 16.5. The van der Waals surface area contributed by atoms with Crippen LogP contribution in [-0.2, 0) is 0 Å². The number of aryl methyl sites for hydroxylation is 2. The van der Waals surface area contributed by atoms with E-state index in [2.05, 4.69) is 54.8 Å². The fourth-order valence-electron chi connectivity index (χ4n) is 4.14. The summed E-state index contributed by atoms with van der Waals surface area (Å²) < 4.78 is 5.34. The van der Waals surface area contributed by atoms with Crippen molar-refractivity contribution in [1.29, 1.82) is 0 Å². The Bertz CT molecular complexity index is 754. The molecule has 0 bridgehead atoms. The summed E-state index contributed by atoms with van der Waals surface area (Å²) >= 11 is 0. The van der Waals surface area contributed by atoms with Crippen LogP contribution in [0.3, 0.4) is 0 Å². The first kappa shape index (κ1) is 14.6. The zero-order chi connectivity index (χ0) is 16.0. The number of hydrogen-bond acceptors (Lipinski definition) is 3. The molecule has 3 heteroatoms. The highest BCUT2D eigenvalue weighted by Gasteiger charge is 2.34. The van der Waals surface area contributed by atoms with Gasteiger partial charge in [-0.2, -0.15) is 0 Å². The van der Waals surface area contributed by atoms with Crippen molar-refractivity contribution in [2.24, 2.45) is 5.92 Å². The van der Waals surface area contributed by atoms with Gasteiger partial charge < -0.3 is 15.4 Å². The molecule has 0 aromatic heterocycles. The average molecular weight is 308 g/mol. The highest BCUT2D eigenvalue weighted by Crippen LogP contribution is 2.42. The van der Waals surface area contributed by atoms with Gasteiger partial charge in [0.1, 0.15) is 5.75 Å². The van der Waals surface area contributed by atoms with Crippen molar-refractivity contribution >= 4 is 5.69 Å². The number of methoxy groups -OCH3 is 1. The van der Waals surface area contributed by atoms with E-state index < -0.39 is 0 Å². The molecule has 3 nitrogen and oxygen atoms in total. The number of benzene rings is 2. The second-order valence-corrected chi connectivity index (χ2v) is 6.84. The Hall–Kier alpha value is -2.00. The summed E-state index contributed by atoms with van der Waals surface area (Å²) in [6.07, 6.45) is 0. The van der Waals surface area contributed by atoms with Gasteiger partial charge in [0.2, 0.25) is 0 Å². The lowest BCUT2D eigenvalue weighted by atomic mass is 9.81. The van der Waals surface area contributed by atoms with E-state index in [0.29, 0.717) is 11.8 Å². The summed E-state index contributed by atoms with van der Waals surface area (Å²) in [4.78, 5) is 0. The maximum atomic E-state index is 5.34. The van der Waals surface area contributed by atoms with Crippen LogP contribution in [0.4, 0.5) is 5.69 Å². The lowest BCUT2D eigenvalue weighted by Gasteiger charge is -2.31. The minimum atomic E-state index is 0.642. The van der Waals surface area contributed by atoms with Crippen LogP contribution in [0.25, 0.3) is 11.1 Å². The van der Waals surface area contributed by atoms with Crippen LogP contribution in [0.5, 0.6) is 5.75 Å². The van der Waals surface area contributed by atoms with Crippen LogP contribution in [0.2, 0.25) is 0 Å². The van der Waals surface area contributed by atoms with Crippen LogP contribution in [0.1, 0.15) is 22.6 Å². The minimum Gasteiger partial charge on any atom is -0.497 e. The molecule has 1 saturated heterocycles. The first-order chi connectivity index (χ1) is 11.2. The Morgan fingerprint density at radius 2 is 1.87 bits per heavy atom. The fourth-order valence-corrected chi connectivity index (χ4v) is 4.14. The lowest BCUT2D eigenvalue weighted by Crippen LogP contribution is -2.27. The predicted molar refractivity (Wildman–Crippen MR) is 95.5 cm³/mol. The van der Waals surface area contributed by atoms with Gasteiger partial charge in [-0.25, -0.2) is 0 Å². The SMILES string of the molecule is COc1ccc(-c2cc(C)c3c(c2)[C@@H]2CNC[C@@H]2CN3)c(C)c1. The number of rotatable bonds is 2. The number of hydrogen-bond donors (Lipinski definition) is 2. The third-order valence-electron chi connectivity index (χ3n) is 5.39. The molecule has 2 aromatic rings. The van der Waals surface area contributed by atoms with E-state index in [0.717, 1.165) is 25.4 Å². The fraction of sp³-hybridized carbons (Fsp3) is 0.400. The van der Waals surface area contributed by atoms with Crippen LogP contribution in [-0.4, -0.2) is 26.7 Å². The smallest absolute Gasteiger partial charge is 0.119 e. The Kier molecular flexibility index (Phi) is 3.53. The topological polar surface area (TPSA) is 33.3 Å². The summed E-state index contributed by atoms with van der Waals surface area (Å²) in [6, 6.07) is 11.0. The Morgan fingerprint density at radius 3 is 2.65 bits per heavy atom. The summed E-state index contributed by atoms with van der Waals surface area (Å²) in [5.41, 5.74) is 8.05. The minimum absolute atomic E-state index is 0.642. The van der Waals surface area contributed by atoms with E-state index in [-0.39, 0.29) is 0 Å². The summed E-state index contributed by atoms with van der Waals surface area (Å²) in [7, 11) is 1.72. The molecule has 0 radical (unpaired) electrons. The molecular formula is C20H24N2O. The quantitative estimate of drug-likeness (QED) is 0.887. The standard InChI is InChI=1S/C20H24N2O/c1-12-7-16(23-3)4-5-17(12)14-6-13(2)20-18(8-14)19-11-21-9-15(19)10-22-20/h4-8,15,19,21-22H,9-11H2,1-3H3/t15-,19-/m1/s1. The molecule has 0 spiro atoms. The van der Waals surface area contributed by atoms with E-state index in [1.165, 1.54) is 33.5 Å². The first-order valence-electron chi connectivity index (χ1n) is 8.41. The molecule has 0 amide bonds. The third-order valence-corrected chi connectivity index (χ3v) is 5.39. The summed E-state index contributed by atoms with van der Waals surface area (Å²) in [5.74, 6) is 2.28. The van der Waals surface area contributed by atoms with E-state index >= 15 is 0 Å². The Balaban J connectivity index is 1.82. The summed E-state index contributed by atoms with van der Waals surface area (Å²) in [5, 5.41) is 7.21. The van der Waals surface area contributed by atoms with Gasteiger partial charge in [0, 0.05) is 31.2 Å². The largest absolute Gasteiger partial charge is 0.497 e. The maximum absolute atomic E-state index is 5.34.